The molecule has 0 N–H and O–H groups in total. The first kappa shape index (κ1) is 15.3. The van der Waals surface area contributed by atoms with Crippen LogP contribution in [0.5, 0.6) is 23.0 Å². The maximum Gasteiger partial charge on any atom is 0.205 e. The molecular formula is C18H20O5. The van der Waals surface area contributed by atoms with Gasteiger partial charge in [-0.05, 0) is 30.6 Å². The van der Waals surface area contributed by atoms with Crippen molar-refractivity contribution in [3.8, 4) is 23.0 Å². The van der Waals surface area contributed by atoms with Crippen molar-refractivity contribution < 1.29 is 23.7 Å². The van der Waals surface area contributed by atoms with E-state index in [1.54, 1.807) is 34.5 Å². The van der Waals surface area contributed by atoms with Gasteiger partial charge in [-0.15, -0.1) is 0 Å². The molecule has 2 aliphatic rings. The highest BCUT2D eigenvalue weighted by Gasteiger charge is 2.29. The average Bonchev–Trinajstić information content (AvgIpc) is 2.76. The van der Waals surface area contributed by atoms with E-state index in [1.807, 2.05) is 12.2 Å². The summed E-state index contributed by atoms with van der Waals surface area (Å²) in [7, 11) is 6.41. The van der Waals surface area contributed by atoms with Crippen LogP contribution >= 0.6 is 0 Å². The molecule has 0 radical (unpaired) electrons. The Labute approximate surface area is 135 Å². The van der Waals surface area contributed by atoms with Crippen LogP contribution in [-0.4, -0.2) is 28.4 Å². The maximum absolute atomic E-state index is 6.18. The zero-order valence-corrected chi connectivity index (χ0v) is 13.8. The van der Waals surface area contributed by atoms with Gasteiger partial charge in [0.1, 0.15) is 22.8 Å². The van der Waals surface area contributed by atoms with Crippen LogP contribution in [0.15, 0.2) is 35.6 Å². The normalized spacial score (nSPS) is 15.7. The third-order valence-electron chi connectivity index (χ3n) is 3.96. The standard InChI is InChI=1S/C18H20O5/c1-19-13-9-11-7-5-6-8-12(11)23-18-16(13)14(20-2)10-15(21-3)17(18)22-4/h6,8-10H,5,7H2,1-4H3. The van der Waals surface area contributed by atoms with Gasteiger partial charge in [0.2, 0.25) is 5.75 Å². The fraction of sp³-hybridized carbons (Fsp3) is 0.333. The minimum Gasteiger partial charge on any atom is -0.496 e. The predicted octanol–water partition coefficient (Wildman–Crippen LogP) is 3.70. The second kappa shape index (κ2) is 6.28. The van der Waals surface area contributed by atoms with Crippen molar-refractivity contribution in [3.05, 3.63) is 41.2 Å². The topological polar surface area (TPSA) is 46.2 Å². The first-order chi connectivity index (χ1) is 11.2. The first-order valence-electron chi connectivity index (χ1n) is 7.40. The number of benzene rings is 1. The monoisotopic (exact) mass is 316 g/mol. The van der Waals surface area contributed by atoms with Crippen LogP contribution in [0.25, 0.3) is 5.76 Å². The Morgan fingerprint density at radius 2 is 1.74 bits per heavy atom. The van der Waals surface area contributed by atoms with Crippen molar-refractivity contribution in [1.82, 2.24) is 0 Å². The van der Waals surface area contributed by atoms with Gasteiger partial charge in [-0.1, -0.05) is 6.08 Å². The Bertz CT molecular complexity index is 713. The molecule has 5 heteroatoms. The van der Waals surface area contributed by atoms with Crippen molar-refractivity contribution in [2.45, 2.75) is 12.8 Å². The summed E-state index contributed by atoms with van der Waals surface area (Å²) < 4.78 is 28.2. The average molecular weight is 316 g/mol. The van der Waals surface area contributed by atoms with E-state index in [0.29, 0.717) is 28.8 Å². The lowest BCUT2D eigenvalue weighted by molar-refractivity contribution is 0.318. The molecule has 5 nitrogen and oxygen atoms in total. The number of methoxy groups -OCH3 is 4. The molecule has 0 spiro atoms. The van der Waals surface area contributed by atoms with Gasteiger partial charge in [-0.3, -0.25) is 0 Å². The van der Waals surface area contributed by atoms with Gasteiger partial charge < -0.3 is 23.7 Å². The van der Waals surface area contributed by atoms with Crippen LogP contribution in [0.1, 0.15) is 18.4 Å². The first-order valence-corrected chi connectivity index (χ1v) is 7.40. The zero-order valence-electron chi connectivity index (χ0n) is 13.8. The summed E-state index contributed by atoms with van der Waals surface area (Å²) in [5, 5.41) is 0. The molecule has 0 bridgehead atoms. The largest absolute Gasteiger partial charge is 0.496 e. The Kier molecular flexibility index (Phi) is 4.19. The predicted molar refractivity (Wildman–Crippen MR) is 87.1 cm³/mol. The molecule has 1 heterocycles. The molecule has 122 valence electrons. The Morgan fingerprint density at radius 3 is 2.39 bits per heavy atom. The molecule has 1 aromatic carbocycles. The van der Waals surface area contributed by atoms with E-state index < -0.39 is 0 Å². The summed E-state index contributed by atoms with van der Waals surface area (Å²) in [5.41, 5.74) is 1.80. The lowest BCUT2D eigenvalue weighted by atomic mass is 10.0. The molecule has 23 heavy (non-hydrogen) atoms. The molecule has 0 saturated carbocycles. The third kappa shape index (κ3) is 2.52. The molecule has 3 rings (SSSR count). The number of hydrogen-bond donors (Lipinski definition) is 0. The second-order valence-corrected chi connectivity index (χ2v) is 5.16. The molecule has 0 unspecified atom stereocenters. The molecule has 1 aliphatic heterocycles. The van der Waals surface area contributed by atoms with Crippen LogP contribution in [0.3, 0.4) is 0 Å². The fourth-order valence-corrected chi connectivity index (χ4v) is 2.83. The van der Waals surface area contributed by atoms with E-state index in [1.165, 1.54) is 0 Å². The Balaban J connectivity index is 2.30. The quantitative estimate of drug-likeness (QED) is 0.847. The molecule has 0 aromatic heterocycles. The third-order valence-corrected chi connectivity index (χ3v) is 3.96. The van der Waals surface area contributed by atoms with Gasteiger partial charge in [0.05, 0.1) is 28.4 Å². The highest BCUT2D eigenvalue weighted by molar-refractivity contribution is 5.80. The lowest BCUT2D eigenvalue weighted by Crippen LogP contribution is -2.04. The maximum atomic E-state index is 6.18. The lowest BCUT2D eigenvalue weighted by Gasteiger charge is -2.20. The number of hydrogen-bond acceptors (Lipinski definition) is 5. The fourth-order valence-electron chi connectivity index (χ4n) is 2.83. The van der Waals surface area contributed by atoms with Gasteiger partial charge in [0.15, 0.2) is 11.5 Å². The van der Waals surface area contributed by atoms with Gasteiger partial charge >= 0.3 is 0 Å². The smallest absolute Gasteiger partial charge is 0.205 e. The van der Waals surface area contributed by atoms with Crippen molar-refractivity contribution in [1.29, 1.82) is 0 Å². The van der Waals surface area contributed by atoms with Gasteiger partial charge in [-0.25, -0.2) is 0 Å². The molecule has 0 amide bonds. The van der Waals surface area contributed by atoms with E-state index in [9.17, 15) is 0 Å². The molecule has 0 saturated heterocycles. The van der Waals surface area contributed by atoms with E-state index in [-0.39, 0.29) is 0 Å². The molecule has 1 aromatic rings. The number of rotatable bonds is 4. The summed E-state index contributed by atoms with van der Waals surface area (Å²) in [5.74, 6) is 3.67. The summed E-state index contributed by atoms with van der Waals surface area (Å²) in [6.07, 6.45) is 7.94. The SMILES string of the molecule is COC1=CC2=C(C=CCC2)Oc2c(OC)c(OC)cc(OC)c21. The summed E-state index contributed by atoms with van der Waals surface area (Å²) >= 11 is 0. The number of ether oxygens (including phenoxy) is 5. The molecule has 0 atom stereocenters. The number of fused-ring (bicyclic) bond motifs is 1. The van der Waals surface area contributed by atoms with Crippen LogP contribution in [0.2, 0.25) is 0 Å². The minimum atomic E-state index is 0.513. The van der Waals surface area contributed by atoms with Crippen LogP contribution in [-0.2, 0) is 4.74 Å². The van der Waals surface area contributed by atoms with Crippen LogP contribution in [0.4, 0.5) is 0 Å². The van der Waals surface area contributed by atoms with E-state index >= 15 is 0 Å². The van der Waals surface area contributed by atoms with Gasteiger partial charge in [-0.2, -0.15) is 0 Å². The summed E-state index contributed by atoms with van der Waals surface area (Å²) in [6.45, 7) is 0. The Hall–Kier alpha value is -2.56. The molecule has 0 fully saturated rings. The van der Waals surface area contributed by atoms with Crippen molar-refractivity contribution in [2.75, 3.05) is 28.4 Å². The van der Waals surface area contributed by atoms with Gasteiger partial charge in [0, 0.05) is 6.07 Å². The summed E-state index contributed by atoms with van der Waals surface area (Å²) in [6, 6.07) is 1.77. The van der Waals surface area contributed by atoms with Crippen LogP contribution in [0, 0.1) is 0 Å². The van der Waals surface area contributed by atoms with Crippen molar-refractivity contribution >= 4 is 5.76 Å². The minimum absolute atomic E-state index is 0.513. The van der Waals surface area contributed by atoms with Gasteiger partial charge in [0.25, 0.3) is 0 Å². The van der Waals surface area contributed by atoms with E-state index in [0.717, 1.165) is 29.7 Å². The second-order valence-electron chi connectivity index (χ2n) is 5.16. The van der Waals surface area contributed by atoms with Crippen molar-refractivity contribution in [2.24, 2.45) is 0 Å². The number of allylic oxidation sites excluding steroid dienone is 4. The van der Waals surface area contributed by atoms with Crippen LogP contribution < -0.4 is 18.9 Å². The Morgan fingerprint density at radius 1 is 0.957 bits per heavy atom. The summed E-state index contributed by atoms with van der Waals surface area (Å²) in [4.78, 5) is 0. The molecular weight excluding hydrogens is 296 g/mol. The van der Waals surface area contributed by atoms with E-state index in [2.05, 4.69) is 6.08 Å². The molecule has 1 aliphatic carbocycles. The highest BCUT2D eigenvalue weighted by Crippen LogP contribution is 2.50. The zero-order chi connectivity index (χ0) is 16.4. The highest BCUT2D eigenvalue weighted by atomic mass is 16.5. The van der Waals surface area contributed by atoms with Crippen molar-refractivity contribution in [3.63, 3.8) is 0 Å². The van der Waals surface area contributed by atoms with E-state index in [4.69, 9.17) is 23.7 Å².